The number of thiophene rings is 1. The average molecular weight is 390 g/mol. The normalized spacial score (nSPS) is 18.9. The highest BCUT2D eigenvalue weighted by Crippen LogP contribution is 2.33. The van der Waals surface area contributed by atoms with Crippen LogP contribution in [0.5, 0.6) is 0 Å². The molecule has 1 N–H and O–H groups in total. The molecule has 136 valence electrons. The van der Waals surface area contributed by atoms with Gasteiger partial charge in [0.25, 0.3) is 5.89 Å². The van der Waals surface area contributed by atoms with E-state index in [1.165, 1.54) is 0 Å². The molecule has 1 atom stereocenters. The maximum Gasteiger partial charge on any atom is 0.268 e. The van der Waals surface area contributed by atoms with Gasteiger partial charge in [0.05, 0.1) is 15.8 Å². The molecule has 1 saturated heterocycles. The Bertz CT molecular complexity index is 998. The molecular formula is C17H18N4O3S2. The first kappa shape index (κ1) is 17.3. The number of nitrogens with zero attached hydrogens (tertiary/aromatic N) is 3. The van der Waals surface area contributed by atoms with E-state index in [1.54, 1.807) is 42.5 Å². The Morgan fingerprint density at radius 3 is 2.81 bits per heavy atom. The van der Waals surface area contributed by atoms with Crippen LogP contribution in [0, 0.1) is 0 Å². The molecule has 1 unspecified atom stereocenters. The maximum absolute atomic E-state index is 12.7. The van der Waals surface area contributed by atoms with Gasteiger partial charge in [-0.3, -0.25) is 4.90 Å². The highest BCUT2D eigenvalue weighted by atomic mass is 32.2. The van der Waals surface area contributed by atoms with Crippen molar-refractivity contribution < 1.29 is 12.9 Å². The van der Waals surface area contributed by atoms with E-state index in [0.717, 1.165) is 31.0 Å². The second-order valence-electron chi connectivity index (χ2n) is 6.09. The molecule has 0 aliphatic carbocycles. The lowest BCUT2D eigenvalue weighted by Crippen LogP contribution is -2.44. The summed E-state index contributed by atoms with van der Waals surface area (Å²) in [5, 5.41) is 7.40. The molecule has 1 aliphatic heterocycles. The summed E-state index contributed by atoms with van der Waals surface area (Å²) < 4.78 is 31.0. The minimum Gasteiger partial charge on any atom is -0.333 e. The second-order valence-corrected chi connectivity index (χ2v) is 9.35. The van der Waals surface area contributed by atoms with Crippen LogP contribution in [0.25, 0.3) is 10.8 Å². The molecule has 7 nitrogen and oxygen atoms in total. The van der Waals surface area contributed by atoms with Crippen molar-refractivity contribution in [2.45, 2.75) is 15.1 Å². The summed E-state index contributed by atoms with van der Waals surface area (Å²) in [6.45, 7) is 2.60. The number of piperazine rings is 1. The van der Waals surface area contributed by atoms with Gasteiger partial charge in [0, 0.05) is 19.6 Å². The smallest absolute Gasteiger partial charge is 0.268 e. The van der Waals surface area contributed by atoms with Crippen molar-refractivity contribution in [1.82, 2.24) is 20.4 Å². The minimum absolute atomic E-state index is 0.0498. The van der Waals surface area contributed by atoms with Gasteiger partial charge >= 0.3 is 0 Å². The van der Waals surface area contributed by atoms with Crippen molar-refractivity contribution in [3.8, 4) is 10.8 Å². The van der Waals surface area contributed by atoms with Crippen molar-refractivity contribution in [1.29, 1.82) is 0 Å². The number of hydrogen-bond acceptors (Lipinski definition) is 8. The van der Waals surface area contributed by atoms with Gasteiger partial charge in [-0.1, -0.05) is 23.4 Å². The van der Waals surface area contributed by atoms with Crippen LogP contribution in [0.2, 0.25) is 0 Å². The van der Waals surface area contributed by atoms with Crippen LogP contribution in [0.4, 0.5) is 0 Å². The van der Waals surface area contributed by atoms with Gasteiger partial charge in [0.2, 0.25) is 9.84 Å². The quantitative estimate of drug-likeness (QED) is 0.731. The number of aromatic nitrogens is 2. The first-order valence-electron chi connectivity index (χ1n) is 8.20. The highest BCUT2D eigenvalue weighted by Gasteiger charge is 2.26. The fourth-order valence-electron chi connectivity index (χ4n) is 2.86. The molecule has 3 heterocycles. The molecule has 0 spiro atoms. The fourth-order valence-corrected chi connectivity index (χ4v) is 5.51. The lowest BCUT2D eigenvalue weighted by Gasteiger charge is -2.30. The third-order valence-corrected chi connectivity index (χ3v) is 7.70. The van der Waals surface area contributed by atoms with Crippen LogP contribution in [-0.4, -0.2) is 50.1 Å². The van der Waals surface area contributed by atoms with E-state index in [4.69, 9.17) is 4.52 Å². The number of nitrogens with one attached hydrogen (secondary N) is 1. The van der Waals surface area contributed by atoms with E-state index in [9.17, 15) is 8.42 Å². The molecule has 4 rings (SSSR count). The largest absolute Gasteiger partial charge is 0.333 e. The third-order valence-electron chi connectivity index (χ3n) is 4.36. The molecule has 0 bridgehead atoms. The van der Waals surface area contributed by atoms with Crippen LogP contribution in [0.1, 0.15) is 11.9 Å². The summed E-state index contributed by atoms with van der Waals surface area (Å²) in [6, 6.07) is 11.7. The zero-order valence-electron chi connectivity index (χ0n) is 14.1. The lowest BCUT2D eigenvalue weighted by molar-refractivity contribution is 0.190. The van der Waals surface area contributed by atoms with E-state index >= 15 is 0 Å². The highest BCUT2D eigenvalue weighted by molar-refractivity contribution is 7.93. The molecule has 0 radical (unpaired) electrons. The third kappa shape index (κ3) is 3.18. The van der Waals surface area contributed by atoms with E-state index in [0.29, 0.717) is 16.6 Å². The zero-order chi connectivity index (χ0) is 18.1. The maximum atomic E-state index is 12.7. The predicted molar refractivity (Wildman–Crippen MR) is 97.7 cm³/mol. The number of sulfone groups is 1. The summed E-state index contributed by atoms with van der Waals surface area (Å²) in [6.07, 6.45) is 0. The minimum atomic E-state index is -3.54. The van der Waals surface area contributed by atoms with Gasteiger partial charge in [0.1, 0.15) is 4.21 Å². The summed E-state index contributed by atoms with van der Waals surface area (Å²) in [5.74, 6) is 0.953. The summed E-state index contributed by atoms with van der Waals surface area (Å²) in [5.41, 5.74) is 0. The van der Waals surface area contributed by atoms with Crippen LogP contribution in [-0.2, 0) is 9.84 Å². The van der Waals surface area contributed by atoms with E-state index in [1.807, 2.05) is 7.05 Å². The Hall–Kier alpha value is -2.07. The summed E-state index contributed by atoms with van der Waals surface area (Å²) in [4.78, 5) is 7.57. The molecule has 0 amide bonds. The molecule has 1 fully saturated rings. The first-order valence-corrected chi connectivity index (χ1v) is 10.5. The monoisotopic (exact) mass is 390 g/mol. The van der Waals surface area contributed by atoms with Crippen molar-refractivity contribution in [2.75, 3.05) is 26.7 Å². The number of rotatable bonds is 4. The van der Waals surface area contributed by atoms with E-state index < -0.39 is 9.84 Å². The van der Waals surface area contributed by atoms with Crippen molar-refractivity contribution in [3.63, 3.8) is 0 Å². The lowest BCUT2D eigenvalue weighted by atomic mass is 10.2. The average Bonchev–Trinajstić information content (AvgIpc) is 3.32. The van der Waals surface area contributed by atoms with Gasteiger partial charge < -0.3 is 9.84 Å². The summed E-state index contributed by atoms with van der Waals surface area (Å²) in [7, 11) is -1.51. The molecule has 0 saturated carbocycles. The van der Waals surface area contributed by atoms with Gasteiger partial charge in [-0.2, -0.15) is 4.98 Å². The topological polar surface area (TPSA) is 88.3 Å². The SMILES string of the molecule is CN1CCNCC1c1noc(-c2ccc(S(=O)(=O)c3ccccc3)s2)n1. The first-order chi connectivity index (χ1) is 12.6. The molecule has 26 heavy (non-hydrogen) atoms. The van der Waals surface area contributed by atoms with Crippen molar-refractivity contribution >= 4 is 21.2 Å². The Morgan fingerprint density at radius 1 is 1.23 bits per heavy atom. The van der Waals surface area contributed by atoms with Gasteiger partial charge in [0.15, 0.2) is 5.82 Å². The standard InChI is InChI=1S/C17H18N4O3S2/c1-21-10-9-18-11-13(21)16-19-17(24-20-16)14-7-8-15(25-14)26(22,23)12-5-3-2-4-6-12/h2-8,13,18H,9-11H2,1H3. The van der Waals surface area contributed by atoms with Crippen LogP contribution >= 0.6 is 11.3 Å². The molecule has 1 aromatic carbocycles. The number of hydrogen-bond donors (Lipinski definition) is 1. The van der Waals surface area contributed by atoms with Gasteiger partial charge in [-0.25, -0.2) is 8.42 Å². The van der Waals surface area contributed by atoms with Crippen LogP contribution in [0.3, 0.4) is 0 Å². The van der Waals surface area contributed by atoms with Crippen LogP contribution in [0.15, 0.2) is 56.1 Å². The molecule has 1 aliphatic rings. The zero-order valence-corrected chi connectivity index (χ0v) is 15.8. The van der Waals surface area contributed by atoms with Crippen molar-refractivity contribution in [2.24, 2.45) is 0 Å². The number of benzene rings is 1. The van der Waals surface area contributed by atoms with Gasteiger partial charge in [-0.05, 0) is 31.3 Å². The Kier molecular flexibility index (Phi) is 4.62. The Balaban J connectivity index is 1.61. The molecular weight excluding hydrogens is 372 g/mol. The molecule has 3 aromatic rings. The van der Waals surface area contributed by atoms with Crippen LogP contribution < -0.4 is 5.32 Å². The Morgan fingerprint density at radius 2 is 2.04 bits per heavy atom. The molecule has 9 heteroatoms. The van der Waals surface area contributed by atoms with E-state index in [2.05, 4.69) is 20.4 Å². The Labute approximate surface area is 155 Å². The second kappa shape index (κ2) is 6.92. The fraction of sp³-hybridized carbons (Fsp3) is 0.294. The van der Waals surface area contributed by atoms with Gasteiger partial charge in [-0.15, -0.1) is 11.3 Å². The van der Waals surface area contributed by atoms with Crippen molar-refractivity contribution in [3.05, 3.63) is 48.3 Å². The molecule has 2 aromatic heterocycles. The predicted octanol–water partition coefficient (Wildman–Crippen LogP) is 2.21. The number of likely N-dealkylation sites (N-methyl/N-ethyl adjacent to an activating group) is 1. The van der Waals surface area contributed by atoms with E-state index in [-0.39, 0.29) is 15.1 Å². The summed E-state index contributed by atoms with van der Waals surface area (Å²) >= 11 is 1.14.